The fraction of sp³-hybridized carbons (Fsp3) is 1.00. The number of hydrogen-bond acceptors (Lipinski definition) is 3. The molecule has 1 fully saturated rings. The molecule has 3 atom stereocenters. The van der Waals surface area contributed by atoms with Crippen LogP contribution in [-0.2, 0) is 4.74 Å². The molecule has 1 rings (SSSR count). The maximum Gasteiger partial charge on any atom is 0.0832 e. The lowest BCUT2D eigenvalue weighted by atomic mass is 9.83. The van der Waals surface area contributed by atoms with Crippen LogP contribution in [-0.4, -0.2) is 36.1 Å². The summed E-state index contributed by atoms with van der Waals surface area (Å²) in [5.74, 6) is 0.625. The Kier molecular flexibility index (Phi) is 4.70. The molecule has 0 heterocycles. The molecule has 0 bridgehead atoms. The van der Waals surface area contributed by atoms with Crippen molar-refractivity contribution >= 4 is 0 Å². The van der Waals surface area contributed by atoms with Gasteiger partial charge in [-0.3, -0.25) is 0 Å². The van der Waals surface area contributed by atoms with Crippen LogP contribution in [0.3, 0.4) is 0 Å². The van der Waals surface area contributed by atoms with Crippen LogP contribution in [0.5, 0.6) is 0 Å². The van der Waals surface area contributed by atoms with Crippen LogP contribution in [0, 0.1) is 5.92 Å². The second-order valence-electron chi connectivity index (χ2n) is 3.89. The number of ether oxygens (including phenoxy) is 1. The van der Waals surface area contributed by atoms with E-state index in [2.05, 4.69) is 0 Å². The predicted molar refractivity (Wildman–Crippen MR) is 50.5 cm³/mol. The van der Waals surface area contributed by atoms with Gasteiger partial charge in [-0.25, -0.2) is 0 Å². The number of rotatable bonds is 4. The van der Waals surface area contributed by atoms with E-state index in [9.17, 15) is 5.11 Å². The Bertz CT molecular complexity index is 136. The zero-order valence-electron chi connectivity index (χ0n) is 8.28. The highest BCUT2D eigenvalue weighted by atomic mass is 16.5. The molecule has 2 N–H and O–H groups in total. The summed E-state index contributed by atoms with van der Waals surface area (Å²) in [5.41, 5.74) is 0. The molecule has 13 heavy (non-hydrogen) atoms. The average molecular weight is 188 g/mol. The summed E-state index contributed by atoms with van der Waals surface area (Å²) in [6.45, 7) is 0.275. The van der Waals surface area contributed by atoms with E-state index in [1.54, 1.807) is 7.11 Å². The summed E-state index contributed by atoms with van der Waals surface area (Å²) in [4.78, 5) is 0. The molecular weight excluding hydrogens is 168 g/mol. The minimum atomic E-state index is -0.282. The molecule has 0 radical (unpaired) electrons. The summed E-state index contributed by atoms with van der Waals surface area (Å²) >= 11 is 0. The lowest BCUT2D eigenvalue weighted by Gasteiger charge is -2.32. The first-order valence-electron chi connectivity index (χ1n) is 5.09. The van der Waals surface area contributed by atoms with Crippen molar-refractivity contribution < 1.29 is 14.9 Å². The largest absolute Gasteiger partial charge is 0.396 e. The fourth-order valence-electron chi connectivity index (χ4n) is 2.09. The third-order valence-corrected chi connectivity index (χ3v) is 2.94. The highest BCUT2D eigenvalue weighted by Gasteiger charge is 2.28. The van der Waals surface area contributed by atoms with Gasteiger partial charge in [0.25, 0.3) is 0 Å². The van der Waals surface area contributed by atoms with Gasteiger partial charge in [-0.2, -0.15) is 0 Å². The molecule has 1 aliphatic carbocycles. The zero-order valence-corrected chi connectivity index (χ0v) is 8.28. The molecule has 1 aliphatic rings. The zero-order chi connectivity index (χ0) is 9.68. The summed E-state index contributed by atoms with van der Waals surface area (Å²) < 4.78 is 5.20. The topological polar surface area (TPSA) is 49.7 Å². The van der Waals surface area contributed by atoms with Crippen molar-refractivity contribution in [2.75, 3.05) is 13.7 Å². The first-order chi connectivity index (χ1) is 6.27. The van der Waals surface area contributed by atoms with Gasteiger partial charge in [0, 0.05) is 13.7 Å². The van der Waals surface area contributed by atoms with Crippen LogP contribution in [0.2, 0.25) is 0 Å². The molecule has 0 aromatic heterocycles. The standard InChI is InChI=1S/C10H20O3/c1-13-10-7-8(3-2-6-11)4-5-9(10)12/h8-12H,2-7H2,1H3/t8-,9+,10+/m0/s1. The van der Waals surface area contributed by atoms with Crippen molar-refractivity contribution in [2.24, 2.45) is 5.92 Å². The van der Waals surface area contributed by atoms with E-state index in [4.69, 9.17) is 9.84 Å². The van der Waals surface area contributed by atoms with E-state index in [0.29, 0.717) is 5.92 Å². The van der Waals surface area contributed by atoms with E-state index < -0.39 is 0 Å². The monoisotopic (exact) mass is 188 g/mol. The van der Waals surface area contributed by atoms with Gasteiger partial charge in [0.1, 0.15) is 0 Å². The van der Waals surface area contributed by atoms with E-state index in [1.807, 2.05) is 0 Å². The molecule has 78 valence electrons. The molecule has 3 heteroatoms. The van der Waals surface area contributed by atoms with Crippen molar-refractivity contribution in [3.05, 3.63) is 0 Å². The lowest BCUT2D eigenvalue weighted by molar-refractivity contribution is -0.0518. The fourth-order valence-corrected chi connectivity index (χ4v) is 2.09. The molecule has 0 unspecified atom stereocenters. The number of aliphatic hydroxyl groups excluding tert-OH is 2. The van der Waals surface area contributed by atoms with Crippen LogP contribution in [0.15, 0.2) is 0 Å². The highest BCUT2D eigenvalue weighted by Crippen LogP contribution is 2.29. The van der Waals surface area contributed by atoms with Gasteiger partial charge in [-0.1, -0.05) is 0 Å². The predicted octanol–water partition coefficient (Wildman–Crippen LogP) is 0.935. The Hall–Kier alpha value is -0.120. The number of methoxy groups -OCH3 is 1. The van der Waals surface area contributed by atoms with Gasteiger partial charge < -0.3 is 14.9 Å². The van der Waals surface area contributed by atoms with E-state index in [1.165, 1.54) is 0 Å². The van der Waals surface area contributed by atoms with Crippen molar-refractivity contribution in [3.8, 4) is 0 Å². The Morgan fingerprint density at radius 2 is 2.15 bits per heavy atom. The Balaban J connectivity index is 2.27. The lowest BCUT2D eigenvalue weighted by Crippen LogP contribution is -2.35. The normalized spacial score (nSPS) is 34.8. The average Bonchev–Trinajstić information content (AvgIpc) is 2.16. The summed E-state index contributed by atoms with van der Waals surface area (Å²) in [6.07, 6.45) is 4.51. The van der Waals surface area contributed by atoms with Crippen LogP contribution in [0.1, 0.15) is 32.1 Å². The van der Waals surface area contributed by atoms with Crippen LogP contribution < -0.4 is 0 Å². The highest BCUT2D eigenvalue weighted by molar-refractivity contribution is 4.80. The molecule has 0 aromatic rings. The van der Waals surface area contributed by atoms with Gasteiger partial charge in [0.05, 0.1) is 12.2 Å². The second kappa shape index (κ2) is 5.58. The Morgan fingerprint density at radius 1 is 1.38 bits per heavy atom. The first kappa shape index (κ1) is 11.0. The molecule has 0 aromatic carbocycles. The summed E-state index contributed by atoms with van der Waals surface area (Å²) in [6, 6.07) is 0. The van der Waals surface area contributed by atoms with Gasteiger partial charge in [-0.15, -0.1) is 0 Å². The van der Waals surface area contributed by atoms with Crippen molar-refractivity contribution in [2.45, 2.75) is 44.3 Å². The molecular formula is C10H20O3. The summed E-state index contributed by atoms with van der Waals surface area (Å²) in [5, 5.41) is 18.2. The molecule has 0 amide bonds. The third-order valence-electron chi connectivity index (χ3n) is 2.94. The summed E-state index contributed by atoms with van der Waals surface area (Å²) in [7, 11) is 1.66. The van der Waals surface area contributed by atoms with Crippen molar-refractivity contribution in [3.63, 3.8) is 0 Å². The minimum absolute atomic E-state index is 0.0115. The molecule has 0 saturated heterocycles. The van der Waals surface area contributed by atoms with Gasteiger partial charge >= 0.3 is 0 Å². The molecule has 0 spiro atoms. The van der Waals surface area contributed by atoms with Gasteiger partial charge in [0.15, 0.2) is 0 Å². The first-order valence-corrected chi connectivity index (χ1v) is 5.09. The molecule has 0 aliphatic heterocycles. The second-order valence-corrected chi connectivity index (χ2v) is 3.89. The van der Waals surface area contributed by atoms with Crippen molar-refractivity contribution in [1.82, 2.24) is 0 Å². The quantitative estimate of drug-likeness (QED) is 0.690. The van der Waals surface area contributed by atoms with Crippen LogP contribution >= 0.6 is 0 Å². The van der Waals surface area contributed by atoms with E-state index in [-0.39, 0.29) is 18.8 Å². The Labute approximate surface area is 79.7 Å². The Morgan fingerprint density at radius 3 is 2.77 bits per heavy atom. The third kappa shape index (κ3) is 3.25. The molecule has 1 saturated carbocycles. The minimum Gasteiger partial charge on any atom is -0.396 e. The number of aliphatic hydroxyl groups is 2. The van der Waals surface area contributed by atoms with E-state index in [0.717, 1.165) is 32.1 Å². The van der Waals surface area contributed by atoms with Gasteiger partial charge in [0.2, 0.25) is 0 Å². The number of hydrogen-bond donors (Lipinski definition) is 2. The maximum atomic E-state index is 9.54. The van der Waals surface area contributed by atoms with E-state index >= 15 is 0 Å². The van der Waals surface area contributed by atoms with Gasteiger partial charge in [-0.05, 0) is 38.0 Å². The smallest absolute Gasteiger partial charge is 0.0832 e. The van der Waals surface area contributed by atoms with Crippen LogP contribution in [0.25, 0.3) is 0 Å². The molecule has 3 nitrogen and oxygen atoms in total. The van der Waals surface area contributed by atoms with Crippen LogP contribution in [0.4, 0.5) is 0 Å². The van der Waals surface area contributed by atoms with Crippen molar-refractivity contribution in [1.29, 1.82) is 0 Å². The maximum absolute atomic E-state index is 9.54. The SMILES string of the molecule is CO[C@@H]1C[C@@H](CCCO)CC[C@H]1O.